The molecule has 5 aliphatic heterocycles. The number of nitrogens with one attached hydrogen (secondary N) is 4. The van der Waals surface area contributed by atoms with E-state index in [4.69, 9.17) is 9.47 Å². The van der Waals surface area contributed by atoms with E-state index in [1.54, 1.807) is 16.9 Å². The van der Waals surface area contributed by atoms with E-state index in [-0.39, 0.29) is 72.5 Å². The predicted octanol–water partition coefficient (Wildman–Crippen LogP) is 4.71. The minimum atomic E-state index is -2.56. The van der Waals surface area contributed by atoms with Gasteiger partial charge in [0.15, 0.2) is 5.60 Å². The molecule has 0 saturated carbocycles. The largest absolute Gasteiger partial charge is 0.497 e. The van der Waals surface area contributed by atoms with E-state index in [0.29, 0.717) is 42.3 Å². The van der Waals surface area contributed by atoms with E-state index in [2.05, 4.69) is 53.4 Å². The number of hydrogen-bond donors (Lipinski definition) is 5. The second-order valence-electron chi connectivity index (χ2n) is 18.3. The summed E-state index contributed by atoms with van der Waals surface area (Å²) in [5.74, 6) is -0.183. The van der Waals surface area contributed by atoms with Crippen LogP contribution in [0.3, 0.4) is 0 Å². The number of aliphatic hydroxyl groups excluding tert-OH is 1. The molecular formula is C47H62N6O7Si. The van der Waals surface area contributed by atoms with E-state index in [1.807, 2.05) is 54.6 Å². The molecule has 2 unspecified atom stereocenters. The number of amides is 4. The van der Waals surface area contributed by atoms with E-state index in [0.717, 1.165) is 68.1 Å². The molecule has 0 aliphatic carbocycles. The van der Waals surface area contributed by atoms with Gasteiger partial charge in [-0.1, -0.05) is 49.5 Å². The van der Waals surface area contributed by atoms with Crippen LogP contribution >= 0.6 is 0 Å². The maximum Gasteiger partial charge on any atom is 0.264 e. The summed E-state index contributed by atoms with van der Waals surface area (Å²) in [5, 5.41) is 24.2. The van der Waals surface area contributed by atoms with Crippen LogP contribution in [0.5, 0.6) is 5.75 Å². The van der Waals surface area contributed by atoms with E-state index in [9.17, 15) is 19.5 Å². The molecule has 13 nitrogen and oxygen atoms in total. The number of carbonyl (C=O) groups excluding carboxylic acids is 4. The number of ether oxygens (including phenoxy) is 2. The molecule has 5 N–H and O–H groups in total. The molecule has 4 saturated heterocycles. The standard InChI is InChI=1S/C47H62N6O7Si/c1-30-43(61(3,4)38-18-16-37(59-2)17-19-38)41(25-42(55)52-23-7-10-36(52)29-54)60-47(30)39-24-35(51-45(57)33-9-6-22-49-27-33)15-20-40(39)53(46(47)58)28-31-11-13-34(14-12-31)50-44(56)32-8-5-21-48-26-32/h11-20,24,30,32-33,36,41,43,48-49,54H,5-10,21-23,25-29H2,1-4H3,(H,50,56)(H,51,57)/t30-,32?,33?,36+,41+,43-,47+/m1/s1. The molecule has 3 aromatic carbocycles. The van der Waals surface area contributed by atoms with Gasteiger partial charge in [-0.05, 0) is 105 Å². The number of nitrogens with zero attached hydrogens (tertiary/aromatic N) is 2. The summed E-state index contributed by atoms with van der Waals surface area (Å²) >= 11 is 0. The van der Waals surface area contributed by atoms with Gasteiger partial charge in [0.1, 0.15) is 5.75 Å². The fourth-order valence-electron chi connectivity index (χ4n) is 10.9. The summed E-state index contributed by atoms with van der Waals surface area (Å²) in [6.45, 7) is 10.5. The van der Waals surface area contributed by atoms with Crippen LogP contribution in [-0.2, 0) is 36.1 Å². The van der Waals surface area contributed by atoms with Crippen molar-refractivity contribution in [2.75, 3.05) is 62.0 Å². The maximum atomic E-state index is 15.6. The van der Waals surface area contributed by atoms with Crippen LogP contribution in [0.25, 0.3) is 0 Å². The molecule has 14 heteroatoms. The average molecular weight is 851 g/mol. The van der Waals surface area contributed by atoms with Gasteiger partial charge in [-0.2, -0.15) is 0 Å². The van der Waals surface area contributed by atoms with Crippen LogP contribution in [0.2, 0.25) is 18.6 Å². The van der Waals surface area contributed by atoms with Gasteiger partial charge in [0.05, 0.1) is 64.4 Å². The Hall–Kier alpha value is -4.60. The fourth-order valence-corrected chi connectivity index (χ4v) is 14.9. The summed E-state index contributed by atoms with van der Waals surface area (Å²) in [7, 11) is -0.915. The number of likely N-dealkylation sites (tertiary alicyclic amines) is 1. The topological polar surface area (TPSA) is 162 Å². The van der Waals surface area contributed by atoms with Gasteiger partial charge in [0.25, 0.3) is 5.91 Å². The fraction of sp³-hybridized carbons (Fsp3) is 0.532. The Labute approximate surface area is 360 Å². The highest BCUT2D eigenvalue weighted by atomic mass is 28.3. The van der Waals surface area contributed by atoms with Gasteiger partial charge >= 0.3 is 0 Å². The molecule has 0 bridgehead atoms. The Balaban J connectivity index is 1.16. The molecule has 8 rings (SSSR count). The van der Waals surface area contributed by atoms with Crippen molar-refractivity contribution in [3.63, 3.8) is 0 Å². The minimum absolute atomic E-state index is 0.000807. The van der Waals surface area contributed by atoms with E-state index in [1.165, 1.54) is 0 Å². The van der Waals surface area contributed by atoms with Crippen LogP contribution in [0, 0.1) is 17.8 Å². The lowest BCUT2D eigenvalue weighted by atomic mass is 9.82. The second kappa shape index (κ2) is 18.0. The van der Waals surface area contributed by atoms with Crippen molar-refractivity contribution < 1.29 is 33.8 Å². The minimum Gasteiger partial charge on any atom is -0.497 e. The van der Waals surface area contributed by atoms with Gasteiger partial charge in [-0.25, -0.2) is 0 Å². The highest BCUT2D eigenvalue weighted by Gasteiger charge is 2.66. The number of fused-ring (bicyclic) bond motifs is 2. The van der Waals surface area contributed by atoms with Crippen molar-refractivity contribution in [2.45, 2.75) is 94.8 Å². The zero-order valence-corrected chi connectivity index (χ0v) is 37.0. The lowest BCUT2D eigenvalue weighted by molar-refractivity contribution is -0.150. The third kappa shape index (κ3) is 8.37. The number of rotatable bonds is 12. The molecule has 0 radical (unpaired) electrons. The van der Waals surface area contributed by atoms with Gasteiger partial charge in [0.2, 0.25) is 17.7 Å². The molecule has 7 atom stereocenters. The van der Waals surface area contributed by atoms with Crippen molar-refractivity contribution in [3.05, 3.63) is 77.9 Å². The first-order valence-electron chi connectivity index (χ1n) is 22.3. The molecular weight excluding hydrogens is 789 g/mol. The number of methoxy groups -OCH3 is 1. The number of piperidine rings is 2. The van der Waals surface area contributed by atoms with Gasteiger partial charge < -0.3 is 45.6 Å². The molecule has 4 amide bonds. The summed E-state index contributed by atoms with van der Waals surface area (Å²) in [4.78, 5) is 60.0. The number of anilines is 3. The first-order chi connectivity index (χ1) is 29.4. The van der Waals surface area contributed by atoms with E-state index < -0.39 is 19.8 Å². The normalized spacial score (nSPS) is 27.6. The van der Waals surface area contributed by atoms with Crippen LogP contribution < -0.4 is 36.1 Å². The lowest BCUT2D eigenvalue weighted by Gasteiger charge is -2.37. The first-order valence-corrected chi connectivity index (χ1v) is 25.3. The van der Waals surface area contributed by atoms with Gasteiger partial charge in [0, 0.05) is 42.5 Å². The highest BCUT2D eigenvalue weighted by molar-refractivity contribution is 6.91. The number of aliphatic hydroxyl groups is 1. The second-order valence-corrected chi connectivity index (χ2v) is 23.0. The van der Waals surface area contributed by atoms with Crippen LogP contribution in [-0.4, -0.2) is 100 Å². The maximum absolute atomic E-state index is 15.6. The summed E-state index contributed by atoms with van der Waals surface area (Å²) in [5.41, 5.74) is 1.94. The summed E-state index contributed by atoms with van der Waals surface area (Å²) in [6.07, 6.45) is 4.62. The smallest absolute Gasteiger partial charge is 0.264 e. The Bertz CT molecular complexity index is 2090. The Morgan fingerprint density at radius 1 is 0.885 bits per heavy atom. The Morgan fingerprint density at radius 3 is 2.13 bits per heavy atom. The predicted molar refractivity (Wildman–Crippen MR) is 239 cm³/mol. The third-order valence-electron chi connectivity index (χ3n) is 14.3. The van der Waals surface area contributed by atoms with E-state index >= 15 is 4.79 Å². The van der Waals surface area contributed by atoms with Crippen molar-refractivity contribution in [1.29, 1.82) is 0 Å². The average Bonchev–Trinajstić information content (AvgIpc) is 3.95. The SMILES string of the molecule is COc1ccc([Si](C)(C)[C@H]2[C@H](CC(=O)N3CCC[C@H]3CO)O[C@@]3(C(=O)N(Cc4ccc(NC(=O)C5CCCNC5)cc4)c4ccc(NC(=O)C5CCCNC5)cc43)[C@@H]2C)cc1. The summed E-state index contributed by atoms with van der Waals surface area (Å²) in [6, 6.07) is 21.2. The molecule has 4 fully saturated rings. The van der Waals surface area contributed by atoms with Crippen LogP contribution in [0.15, 0.2) is 66.7 Å². The van der Waals surface area contributed by atoms with Crippen molar-refractivity contribution in [1.82, 2.24) is 15.5 Å². The van der Waals surface area contributed by atoms with Crippen molar-refractivity contribution >= 4 is 54.0 Å². The Kier molecular flexibility index (Phi) is 12.7. The molecule has 5 aliphatic rings. The molecule has 1 spiro atoms. The molecule has 61 heavy (non-hydrogen) atoms. The molecule has 3 aromatic rings. The number of carbonyl (C=O) groups is 4. The first kappa shape index (κ1) is 43.1. The number of benzene rings is 3. The molecule has 5 heterocycles. The van der Waals surface area contributed by atoms with Gasteiger partial charge in [-0.3, -0.25) is 19.2 Å². The summed E-state index contributed by atoms with van der Waals surface area (Å²) < 4.78 is 12.8. The Morgan fingerprint density at radius 2 is 1.52 bits per heavy atom. The lowest BCUT2D eigenvalue weighted by Crippen LogP contribution is -2.52. The van der Waals surface area contributed by atoms with Crippen LogP contribution in [0.1, 0.15) is 63.0 Å². The zero-order valence-electron chi connectivity index (χ0n) is 36.0. The quantitative estimate of drug-likeness (QED) is 0.163. The number of hydrogen-bond acceptors (Lipinski definition) is 9. The monoisotopic (exact) mass is 850 g/mol. The highest BCUT2D eigenvalue weighted by Crippen LogP contribution is 2.60. The zero-order chi connectivity index (χ0) is 42.9. The van der Waals surface area contributed by atoms with Gasteiger partial charge in [-0.15, -0.1) is 0 Å². The third-order valence-corrected chi connectivity index (χ3v) is 18.6. The van der Waals surface area contributed by atoms with Crippen LogP contribution in [0.4, 0.5) is 17.1 Å². The molecule has 0 aromatic heterocycles. The van der Waals surface area contributed by atoms with Crippen molar-refractivity contribution in [2.24, 2.45) is 17.8 Å². The molecule has 326 valence electrons. The van der Waals surface area contributed by atoms with Crippen molar-refractivity contribution in [3.8, 4) is 5.75 Å².